The average molecular weight is 396 g/mol. The zero-order valence-corrected chi connectivity index (χ0v) is 19.4. The molecule has 0 N–H and O–H groups in total. The van der Waals surface area contributed by atoms with Crippen LogP contribution in [0.4, 0.5) is 0 Å². The van der Waals surface area contributed by atoms with Crippen molar-refractivity contribution in [2.75, 3.05) is 13.7 Å². The first-order valence-electron chi connectivity index (χ1n) is 9.59. The Kier molecular flexibility index (Phi) is 8.71. The number of methoxy groups -OCH3 is 1. The zero-order chi connectivity index (χ0) is 20.9. The van der Waals surface area contributed by atoms with Gasteiger partial charge in [0, 0.05) is 17.8 Å². The van der Waals surface area contributed by atoms with Gasteiger partial charge in [-0.1, -0.05) is 32.8 Å². The number of aliphatic imine (C=N–C) groups is 1. The van der Waals surface area contributed by atoms with Gasteiger partial charge in [-0.2, -0.15) is 0 Å². The minimum Gasteiger partial charge on any atom is -0.469 e. The second kappa shape index (κ2) is 9.67. The average Bonchev–Trinajstić information content (AvgIpc) is 2.57. The quantitative estimate of drug-likeness (QED) is 0.317. The number of hydrogen-bond donors (Lipinski definition) is 0. The molecule has 1 heterocycles. The Morgan fingerprint density at radius 3 is 2.44 bits per heavy atom. The van der Waals surface area contributed by atoms with Gasteiger partial charge in [-0.3, -0.25) is 9.79 Å². The second-order valence-corrected chi connectivity index (χ2v) is 10.3. The summed E-state index contributed by atoms with van der Waals surface area (Å²) in [5, 5.41) is -0.0636. The van der Waals surface area contributed by atoms with Gasteiger partial charge >= 0.3 is 13.5 Å². The fraction of sp³-hybridized carbons (Fsp3) is 0.800. The van der Waals surface area contributed by atoms with E-state index in [4.69, 9.17) is 14.1 Å². The molecule has 0 bridgehead atoms. The van der Waals surface area contributed by atoms with Crippen molar-refractivity contribution in [3.05, 3.63) is 11.0 Å². The smallest absolute Gasteiger partial charge is 0.332 e. The molecular formula is C20H36BNO4P. The summed E-state index contributed by atoms with van der Waals surface area (Å²) in [7, 11) is 6.07. The molecule has 5 nitrogen and oxygen atoms in total. The van der Waals surface area contributed by atoms with Crippen LogP contribution in [-0.2, 0) is 18.9 Å². The maximum atomic E-state index is 11.8. The highest BCUT2D eigenvalue weighted by molar-refractivity contribution is 7.19. The van der Waals surface area contributed by atoms with Crippen molar-refractivity contribution < 1.29 is 18.9 Å². The van der Waals surface area contributed by atoms with Gasteiger partial charge < -0.3 is 14.1 Å². The lowest BCUT2D eigenvalue weighted by Gasteiger charge is -2.39. The molecule has 0 spiro atoms. The van der Waals surface area contributed by atoms with Crippen LogP contribution in [0.3, 0.4) is 0 Å². The summed E-state index contributed by atoms with van der Waals surface area (Å²) in [4.78, 5) is 16.3. The molecule has 0 saturated heterocycles. The number of carbonyl (C=O) groups is 1. The van der Waals surface area contributed by atoms with E-state index >= 15 is 0 Å². The molecule has 0 aromatic heterocycles. The van der Waals surface area contributed by atoms with E-state index < -0.39 is 5.41 Å². The molecule has 1 aliphatic rings. The lowest BCUT2D eigenvalue weighted by atomic mass is 9.78. The molecule has 1 aliphatic heterocycles. The Labute approximate surface area is 168 Å². The highest BCUT2D eigenvalue weighted by atomic mass is 31.0. The third kappa shape index (κ3) is 7.00. The number of ether oxygens (including phenoxy) is 2. The molecule has 0 fully saturated rings. The monoisotopic (exact) mass is 396 g/mol. The van der Waals surface area contributed by atoms with Crippen LogP contribution < -0.4 is 0 Å². The Morgan fingerprint density at radius 2 is 1.93 bits per heavy atom. The summed E-state index contributed by atoms with van der Waals surface area (Å²) >= 11 is 0. The van der Waals surface area contributed by atoms with Crippen LogP contribution >= 0.6 is 9.24 Å². The van der Waals surface area contributed by atoms with E-state index in [1.54, 1.807) is 0 Å². The molecule has 1 radical (unpaired) electrons. The van der Waals surface area contributed by atoms with Crippen LogP contribution in [-0.4, -0.2) is 50.4 Å². The lowest BCUT2D eigenvalue weighted by molar-refractivity contribution is -0.155. The van der Waals surface area contributed by atoms with Crippen LogP contribution in [0.15, 0.2) is 16.0 Å². The van der Waals surface area contributed by atoms with Crippen molar-refractivity contribution in [3.8, 4) is 0 Å². The molecular weight excluding hydrogens is 360 g/mol. The van der Waals surface area contributed by atoms with E-state index in [1.807, 2.05) is 27.5 Å². The zero-order valence-electron chi connectivity index (χ0n) is 18.2. The van der Waals surface area contributed by atoms with Crippen LogP contribution in [0, 0.1) is 5.41 Å². The van der Waals surface area contributed by atoms with Crippen molar-refractivity contribution in [2.24, 2.45) is 10.4 Å². The van der Waals surface area contributed by atoms with E-state index in [-0.39, 0.29) is 29.6 Å². The fourth-order valence-corrected chi connectivity index (χ4v) is 2.47. The first kappa shape index (κ1) is 24.3. The molecule has 0 aliphatic carbocycles. The Hall–Kier alpha value is -0.705. The lowest BCUT2D eigenvalue weighted by Crippen LogP contribution is -2.44. The summed E-state index contributed by atoms with van der Waals surface area (Å²) in [5.41, 5.74) is 1.27. The van der Waals surface area contributed by atoms with Gasteiger partial charge in [0.05, 0.1) is 24.7 Å². The third-order valence-corrected chi connectivity index (χ3v) is 5.86. The van der Waals surface area contributed by atoms with E-state index in [0.717, 1.165) is 18.3 Å². The molecule has 0 aromatic rings. The van der Waals surface area contributed by atoms with Crippen molar-refractivity contribution in [1.82, 2.24) is 0 Å². The Bertz CT molecular complexity index is 579. The molecule has 0 aromatic carbocycles. The van der Waals surface area contributed by atoms with Crippen molar-refractivity contribution >= 4 is 28.9 Å². The maximum absolute atomic E-state index is 11.8. The van der Waals surface area contributed by atoms with Gasteiger partial charge in [-0.25, -0.2) is 0 Å². The summed E-state index contributed by atoms with van der Waals surface area (Å²) in [6, 6.07) is 0. The number of dihydropyridines is 1. The number of allylic oxidation sites excluding steroid dienone is 1. The highest BCUT2D eigenvalue weighted by Crippen LogP contribution is 2.34. The van der Waals surface area contributed by atoms with Gasteiger partial charge in [0.2, 0.25) is 0 Å². The molecule has 1 rings (SSSR count). The van der Waals surface area contributed by atoms with Crippen molar-refractivity contribution in [1.29, 1.82) is 0 Å². The second-order valence-electron chi connectivity index (χ2n) is 8.90. The number of esters is 1. The molecule has 27 heavy (non-hydrogen) atoms. The molecule has 2 unspecified atom stereocenters. The summed E-state index contributed by atoms with van der Waals surface area (Å²) in [6.07, 6.45) is 4.27. The topological polar surface area (TPSA) is 57.1 Å². The summed E-state index contributed by atoms with van der Waals surface area (Å²) in [6.45, 7) is 14.5. The van der Waals surface area contributed by atoms with Crippen LogP contribution in [0.25, 0.3) is 0 Å². The van der Waals surface area contributed by atoms with Gasteiger partial charge in [0.25, 0.3) is 0 Å². The first-order chi connectivity index (χ1) is 12.3. The van der Waals surface area contributed by atoms with E-state index in [0.29, 0.717) is 6.42 Å². The predicted molar refractivity (Wildman–Crippen MR) is 115 cm³/mol. The van der Waals surface area contributed by atoms with Gasteiger partial charge in [-0.15, -0.1) is 9.24 Å². The van der Waals surface area contributed by atoms with Crippen LogP contribution in [0.5, 0.6) is 0 Å². The minimum atomic E-state index is -0.692. The normalized spacial score (nSPS) is 18.6. The highest BCUT2D eigenvalue weighted by Gasteiger charge is 2.35. The standard InChI is InChI=1S/C20H36BNO4P/c1-9-10-14-11-16(25-13-18(2,3)17(23)24-8)22-12-15(14)21-26-19(4,5)20(6,7)27/h12,16H,9-11,13,27H2,1-8H3. The number of nitrogens with zero attached hydrogens (tertiary/aromatic N) is 1. The first-order valence-corrected chi connectivity index (χ1v) is 10.2. The number of hydrogen-bond acceptors (Lipinski definition) is 5. The molecule has 153 valence electrons. The van der Waals surface area contributed by atoms with Crippen LogP contribution in [0.1, 0.15) is 67.7 Å². The minimum absolute atomic E-state index is 0.0636. The largest absolute Gasteiger partial charge is 0.469 e. The third-order valence-electron chi connectivity index (χ3n) is 5.17. The molecule has 0 saturated carbocycles. The SMILES string of the molecule is CCCC1=C([B]OC(C)(C)C(C)(C)P)C=NC(OCC(C)(C)C(=O)OC)C1. The Balaban J connectivity index is 2.75. The van der Waals surface area contributed by atoms with E-state index in [2.05, 4.69) is 48.9 Å². The predicted octanol–water partition coefficient (Wildman–Crippen LogP) is 4.13. The van der Waals surface area contributed by atoms with Crippen molar-refractivity contribution in [3.63, 3.8) is 0 Å². The van der Waals surface area contributed by atoms with E-state index in [1.165, 1.54) is 12.7 Å². The maximum Gasteiger partial charge on any atom is 0.332 e. The molecule has 0 amide bonds. The molecule has 7 heteroatoms. The van der Waals surface area contributed by atoms with E-state index in [9.17, 15) is 4.79 Å². The fourth-order valence-electron chi connectivity index (χ4n) is 2.40. The summed E-state index contributed by atoms with van der Waals surface area (Å²) < 4.78 is 16.8. The van der Waals surface area contributed by atoms with Gasteiger partial charge in [-0.05, 0) is 39.6 Å². The Morgan fingerprint density at radius 1 is 1.30 bits per heavy atom. The summed E-state index contributed by atoms with van der Waals surface area (Å²) in [5.74, 6) is -0.281. The number of carbonyl (C=O) groups excluding carboxylic acids is 1. The van der Waals surface area contributed by atoms with Gasteiger partial charge in [0.1, 0.15) is 0 Å². The molecule has 2 atom stereocenters. The number of rotatable bonds is 10. The van der Waals surface area contributed by atoms with Crippen LogP contribution in [0.2, 0.25) is 0 Å². The van der Waals surface area contributed by atoms with Crippen molar-refractivity contribution in [2.45, 2.75) is 84.7 Å². The van der Waals surface area contributed by atoms with Gasteiger partial charge in [0.15, 0.2) is 6.23 Å².